The van der Waals surface area contributed by atoms with Gasteiger partial charge in [0.25, 0.3) is 0 Å². The van der Waals surface area contributed by atoms with Gasteiger partial charge in [-0.05, 0) is 54.7 Å². The van der Waals surface area contributed by atoms with Crippen LogP contribution in [0.4, 0.5) is 4.39 Å². The standard InChI is InChI=1S/C18H28FN/c1-13(14-6-8-15(19)9-7-14)20-16-10-17(2,3)12-18(4,5)11-16/h6-9,13,16,20H,10-12H2,1-5H3/t13-/m1/s1. The Morgan fingerprint density at radius 3 is 2.05 bits per heavy atom. The normalized spacial score (nSPS) is 23.5. The summed E-state index contributed by atoms with van der Waals surface area (Å²) in [5.74, 6) is -0.166. The highest BCUT2D eigenvalue weighted by Gasteiger charge is 2.38. The number of hydrogen-bond donors (Lipinski definition) is 1. The summed E-state index contributed by atoms with van der Waals surface area (Å²) in [6.07, 6.45) is 3.70. The first-order chi connectivity index (χ1) is 9.17. The predicted octanol–water partition coefficient (Wildman–Crippen LogP) is 5.08. The van der Waals surface area contributed by atoms with Crippen LogP contribution in [0.5, 0.6) is 0 Å². The van der Waals surface area contributed by atoms with Gasteiger partial charge in [-0.25, -0.2) is 4.39 Å². The number of nitrogens with one attached hydrogen (secondary N) is 1. The zero-order chi connectivity index (χ0) is 15.0. The lowest BCUT2D eigenvalue weighted by molar-refractivity contribution is 0.0811. The van der Waals surface area contributed by atoms with E-state index in [9.17, 15) is 4.39 Å². The maximum atomic E-state index is 13.0. The first kappa shape index (κ1) is 15.5. The Balaban J connectivity index is 2.03. The van der Waals surface area contributed by atoms with Crippen LogP contribution in [0, 0.1) is 16.6 Å². The summed E-state index contributed by atoms with van der Waals surface area (Å²) in [5, 5.41) is 3.74. The minimum atomic E-state index is -0.166. The molecule has 112 valence electrons. The van der Waals surface area contributed by atoms with E-state index >= 15 is 0 Å². The smallest absolute Gasteiger partial charge is 0.123 e. The molecule has 0 spiro atoms. The summed E-state index contributed by atoms with van der Waals surface area (Å²) in [6.45, 7) is 11.6. The van der Waals surface area contributed by atoms with Gasteiger partial charge in [-0.15, -0.1) is 0 Å². The number of hydrogen-bond acceptors (Lipinski definition) is 1. The van der Waals surface area contributed by atoms with E-state index in [1.54, 1.807) is 12.1 Å². The molecule has 0 bridgehead atoms. The van der Waals surface area contributed by atoms with Crippen molar-refractivity contribution in [2.24, 2.45) is 10.8 Å². The quantitative estimate of drug-likeness (QED) is 0.812. The average Bonchev–Trinajstić information content (AvgIpc) is 2.25. The molecule has 0 aromatic heterocycles. The predicted molar refractivity (Wildman–Crippen MR) is 83.2 cm³/mol. The Labute approximate surface area is 123 Å². The van der Waals surface area contributed by atoms with Crippen LogP contribution in [-0.2, 0) is 0 Å². The molecule has 1 aliphatic carbocycles. The van der Waals surface area contributed by atoms with Crippen molar-refractivity contribution in [3.05, 3.63) is 35.6 Å². The summed E-state index contributed by atoms with van der Waals surface area (Å²) < 4.78 is 13.0. The van der Waals surface area contributed by atoms with Crippen LogP contribution >= 0.6 is 0 Å². The molecular formula is C18H28FN. The molecule has 1 saturated carbocycles. The van der Waals surface area contributed by atoms with Gasteiger partial charge in [0.05, 0.1) is 0 Å². The minimum absolute atomic E-state index is 0.166. The molecular weight excluding hydrogens is 249 g/mol. The van der Waals surface area contributed by atoms with Crippen molar-refractivity contribution in [2.45, 2.75) is 66.0 Å². The van der Waals surface area contributed by atoms with Crippen molar-refractivity contribution < 1.29 is 4.39 Å². The summed E-state index contributed by atoms with van der Waals surface area (Å²) in [5.41, 5.74) is 1.94. The van der Waals surface area contributed by atoms with E-state index in [1.165, 1.54) is 19.3 Å². The van der Waals surface area contributed by atoms with E-state index in [-0.39, 0.29) is 11.9 Å². The van der Waals surface area contributed by atoms with Gasteiger partial charge in [-0.1, -0.05) is 39.8 Å². The topological polar surface area (TPSA) is 12.0 Å². The summed E-state index contributed by atoms with van der Waals surface area (Å²) in [7, 11) is 0. The molecule has 1 aromatic rings. The SMILES string of the molecule is C[C@@H](NC1CC(C)(C)CC(C)(C)C1)c1ccc(F)cc1. The van der Waals surface area contributed by atoms with Gasteiger partial charge in [0.15, 0.2) is 0 Å². The van der Waals surface area contributed by atoms with Crippen LogP contribution in [0.25, 0.3) is 0 Å². The fourth-order valence-corrected chi connectivity index (χ4v) is 4.17. The lowest BCUT2D eigenvalue weighted by atomic mass is 9.63. The van der Waals surface area contributed by atoms with Gasteiger partial charge >= 0.3 is 0 Å². The zero-order valence-electron chi connectivity index (χ0n) is 13.5. The van der Waals surface area contributed by atoms with E-state index in [4.69, 9.17) is 0 Å². The molecule has 1 fully saturated rings. The van der Waals surface area contributed by atoms with E-state index in [2.05, 4.69) is 39.9 Å². The molecule has 1 N–H and O–H groups in total. The van der Waals surface area contributed by atoms with Gasteiger partial charge in [-0.3, -0.25) is 0 Å². The number of halogens is 1. The molecule has 20 heavy (non-hydrogen) atoms. The molecule has 0 aliphatic heterocycles. The van der Waals surface area contributed by atoms with Gasteiger partial charge in [0, 0.05) is 12.1 Å². The highest BCUT2D eigenvalue weighted by atomic mass is 19.1. The van der Waals surface area contributed by atoms with Crippen molar-refractivity contribution in [1.29, 1.82) is 0 Å². The van der Waals surface area contributed by atoms with Gasteiger partial charge in [-0.2, -0.15) is 0 Å². The Morgan fingerprint density at radius 2 is 1.55 bits per heavy atom. The molecule has 0 amide bonds. The Morgan fingerprint density at radius 1 is 1.05 bits per heavy atom. The molecule has 0 saturated heterocycles. The summed E-state index contributed by atoms with van der Waals surface area (Å²) in [4.78, 5) is 0. The molecule has 0 unspecified atom stereocenters. The molecule has 2 rings (SSSR count). The maximum absolute atomic E-state index is 13.0. The molecule has 1 atom stereocenters. The summed E-state index contributed by atoms with van der Waals surface area (Å²) >= 11 is 0. The van der Waals surface area contributed by atoms with Crippen molar-refractivity contribution >= 4 is 0 Å². The highest BCUT2D eigenvalue weighted by molar-refractivity contribution is 5.19. The second-order valence-electron chi connectivity index (χ2n) is 8.05. The molecule has 1 aliphatic rings. The van der Waals surface area contributed by atoms with E-state index in [1.807, 2.05) is 12.1 Å². The van der Waals surface area contributed by atoms with Crippen LogP contribution < -0.4 is 5.32 Å². The first-order valence-corrected chi connectivity index (χ1v) is 7.68. The van der Waals surface area contributed by atoms with Gasteiger partial charge in [0.2, 0.25) is 0 Å². The Bertz CT molecular complexity index is 431. The highest BCUT2D eigenvalue weighted by Crippen LogP contribution is 2.46. The van der Waals surface area contributed by atoms with Crippen molar-refractivity contribution in [3.63, 3.8) is 0 Å². The second kappa shape index (κ2) is 5.48. The molecule has 0 heterocycles. The summed E-state index contributed by atoms with van der Waals surface area (Å²) in [6, 6.07) is 7.65. The lowest BCUT2D eigenvalue weighted by Crippen LogP contribution is -2.44. The third-order valence-corrected chi connectivity index (χ3v) is 4.41. The average molecular weight is 277 g/mol. The third kappa shape index (κ3) is 4.05. The largest absolute Gasteiger partial charge is 0.307 e. The van der Waals surface area contributed by atoms with E-state index < -0.39 is 0 Å². The number of rotatable bonds is 3. The Kier molecular flexibility index (Phi) is 4.24. The minimum Gasteiger partial charge on any atom is -0.307 e. The van der Waals surface area contributed by atoms with E-state index in [0.717, 1.165) is 5.56 Å². The van der Waals surface area contributed by atoms with E-state index in [0.29, 0.717) is 16.9 Å². The molecule has 2 heteroatoms. The van der Waals surface area contributed by atoms with Gasteiger partial charge < -0.3 is 5.32 Å². The monoisotopic (exact) mass is 277 g/mol. The van der Waals surface area contributed by atoms with Crippen molar-refractivity contribution in [1.82, 2.24) is 5.32 Å². The van der Waals surface area contributed by atoms with Crippen LogP contribution in [0.3, 0.4) is 0 Å². The Hall–Kier alpha value is -0.890. The van der Waals surface area contributed by atoms with Crippen molar-refractivity contribution in [2.75, 3.05) is 0 Å². The van der Waals surface area contributed by atoms with Gasteiger partial charge in [0.1, 0.15) is 5.82 Å². The van der Waals surface area contributed by atoms with Crippen LogP contribution in [0.1, 0.15) is 65.5 Å². The third-order valence-electron chi connectivity index (χ3n) is 4.41. The van der Waals surface area contributed by atoms with Crippen LogP contribution in [0.15, 0.2) is 24.3 Å². The fraction of sp³-hybridized carbons (Fsp3) is 0.667. The zero-order valence-corrected chi connectivity index (χ0v) is 13.5. The lowest BCUT2D eigenvalue weighted by Gasteiger charge is -2.46. The van der Waals surface area contributed by atoms with Crippen LogP contribution in [0.2, 0.25) is 0 Å². The molecule has 1 aromatic carbocycles. The fourth-order valence-electron chi connectivity index (χ4n) is 4.17. The number of benzene rings is 1. The molecule has 0 radical (unpaired) electrons. The maximum Gasteiger partial charge on any atom is 0.123 e. The second-order valence-corrected chi connectivity index (χ2v) is 8.05. The molecule has 1 nitrogen and oxygen atoms in total. The van der Waals surface area contributed by atoms with Crippen molar-refractivity contribution in [3.8, 4) is 0 Å². The van der Waals surface area contributed by atoms with Crippen LogP contribution in [-0.4, -0.2) is 6.04 Å². The first-order valence-electron chi connectivity index (χ1n) is 7.68.